The minimum Gasteiger partial charge on any atom is -0.326 e. The van der Waals surface area contributed by atoms with Gasteiger partial charge in [-0.15, -0.1) is 11.3 Å². The average Bonchev–Trinajstić information content (AvgIpc) is 3.00. The highest BCUT2D eigenvalue weighted by Gasteiger charge is 2.15. The Balaban J connectivity index is 0.000000181. The lowest BCUT2D eigenvalue weighted by Crippen LogP contribution is -1.95. The molecule has 2 N–H and O–H groups in total. The van der Waals surface area contributed by atoms with E-state index in [0.29, 0.717) is 13.0 Å². The molecule has 1 heterocycles. The summed E-state index contributed by atoms with van der Waals surface area (Å²) in [6.45, 7) is 0.678. The summed E-state index contributed by atoms with van der Waals surface area (Å²) in [5.74, 6) is 0.794. The second-order valence-electron chi connectivity index (χ2n) is 4.33. The molecule has 1 aliphatic rings. The van der Waals surface area contributed by atoms with Crippen molar-refractivity contribution in [2.24, 2.45) is 11.7 Å². The van der Waals surface area contributed by atoms with Crippen LogP contribution in [0.15, 0.2) is 17.5 Å². The van der Waals surface area contributed by atoms with Gasteiger partial charge in [-0.05, 0) is 35.4 Å². The van der Waals surface area contributed by atoms with Crippen LogP contribution in [0.4, 0.5) is 0 Å². The fraction of sp³-hybridized carbons (Fsp3) is 0.615. The molecular weight excluding hydrogens is 254 g/mol. The van der Waals surface area contributed by atoms with Gasteiger partial charge in [-0.1, -0.05) is 31.7 Å². The minimum atomic E-state index is -0.174. The maximum Gasteiger partial charge on any atom is 0.221 e. The van der Waals surface area contributed by atoms with Crippen molar-refractivity contribution >= 4 is 28.2 Å². The van der Waals surface area contributed by atoms with E-state index in [1.54, 1.807) is 11.3 Å². The normalized spacial score (nSPS) is 15.4. The molecule has 0 amide bonds. The summed E-state index contributed by atoms with van der Waals surface area (Å²) in [5, 5.41) is 1.86. The summed E-state index contributed by atoms with van der Waals surface area (Å²) >= 11 is 6.92. The molecule has 0 aromatic carbocycles. The van der Waals surface area contributed by atoms with E-state index in [0.717, 1.165) is 12.3 Å². The third kappa shape index (κ3) is 6.81. The Morgan fingerprint density at radius 3 is 2.59 bits per heavy atom. The lowest BCUT2D eigenvalue weighted by molar-refractivity contribution is -0.111. The Bertz CT molecular complexity index is 307. The molecule has 17 heavy (non-hydrogen) atoms. The minimum absolute atomic E-state index is 0.174. The molecular formula is C13H20ClNOS. The average molecular weight is 274 g/mol. The molecule has 0 unspecified atom stereocenters. The van der Waals surface area contributed by atoms with Gasteiger partial charge in [-0.3, -0.25) is 4.79 Å². The largest absolute Gasteiger partial charge is 0.326 e. The number of halogens is 1. The summed E-state index contributed by atoms with van der Waals surface area (Å²) in [6, 6.07) is 4.04. The van der Waals surface area contributed by atoms with Crippen LogP contribution in [0.3, 0.4) is 0 Å². The Hall–Kier alpha value is -0.380. The quantitative estimate of drug-likeness (QED) is 0.845. The topological polar surface area (TPSA) is 43.1 Å². The van der Waals surface area contributed by atoms with E-state index >= 15 is 0 Å². The van der Waals surface area contributed by atoms with E-state index in [4.69, 9.17) is 17.3 Å². The second-order valence-corrected chi connectivity index (χ2v) is 5.78. The van der Waals surface area contributed by atoms with Crippen LogP contribution in [-0.4, -0.2) is 5.24 Å². The number of hydrogen-bond acceptors (Lipinski definition) is 3. The van der Waals surface area contributed by atoms with E-state index in [9.17, 15) is 4.79 Å². The zero-order chi connectivity index (χ0) is 12.5. The molecule has 0 atom stereocenters. The molecule has 2 rings (SSSR count). The van der Waals surface area contributed by atoms with Crippen molar-refractivity contribution in [3.63, 3.8) is 0 Å². The van der Waals surface area contributed by atoms with Crippen LogP contribution >= 0.6 is 22.9 Å². The highest BCUT2D eigenvalue weighted by atomic mass is 35.5. The van der Waals surface area contributed by atoms with Crippen molar-refractivity contribution < 1.29 is 4.79 Å². The van der Waals surface area contributed by atoms with Crippen molar-refractivity contribution in [2.45, 2.75) is 45.1 Å². The lowest BCUT2D eigenvalue weighted by Gasteiger charge is -2.04. The molecule has 0 radical (unpaired) electrons. The fourth-order valence-corrected chi connectivity index (χ4v) is 2.74. The summed E-state index contributed by atoms with van der Waals surface area (Å²) in [6.07, 6.45) is 6.91. The molecule has 1 saturated carbocycles. The van der Waals surface area contributed by atoms with Gasteiger partial charge in [-0.25, -0.2) is 0 Å². The predicted octanol–water partition coefficient (Wildman–Crippen LogP) is 3.93. The SMILES string of the molecule is NCc1cccs1.O=C(Cl)CCC1CCCC1. The molecule has 2 nitrogen and oxygen atoms in total. The van der Waals surface area contributed by atoms with Crippen molar-refractivity contribution in [2.75, 3.05) is 0 Å². The number of rotatable bonds is 4. The summed E-state index contributed by atoms with van der Waals surface area (Å²) in [5.41, 5.74) is 5.30. The van der Waals surface area contributed by atoms with Crippen molar-refractivity contribution in [1.82, 2.24) is 0 Å². The van der Waals surface area contributed by atoms with Gasteiger partial charge < -0.3 is 5.73 Å². The molecule has 0 bridgehead atoms. The van der Waals surface area contributed by atoms with Crippen LogP contribution in [0.2, 0.25) is 0 Å². The van der Waals surface area contributed by atoms with Gasteiger partial charge in [0.2, 0.25) is 5.24 Å². The molecule has 1 fully saturated rings. The third-order valence-corrected chi connectivity index (χ3v) is 4.09. The van der Waals surface area contributed by atoms with Gasteiger partial charge in [0.1, 0.15) is 0 Å². The predicted molar refractivity (Wildman–Crippen MR) is 74.3 cm³/mol. The Morgan fingerprint density at radius 1 is 1.47 bits per heavy atom. The maximum atomic E-state index is 10.4. The van der Waals surface area contributed by atoms with Crippen LogP contribution in [0, 0.1) is 5.92 Å². The number of nitrogens with two attached hydrogens (primary N) is 1. The fourth-order valence-electron chi connectivity index (χ4n) is 2.05. The highest BCUT2D eigenvalue weighted by molar-refractivity contribution is 7.09. The molecule has 0 spiro atoms. The van der Waals surface area contributed by atoms with Crippen LogP contribution < -0.4 is 5.73 Å². The van der Waals surface area contributed by atoms with E-state index < -0.39 is 0 Å². The second kappa shape index (κ2) is 8.67. The van der Waals surface area contributed by atoms with Gasteiger partial charge in [0, 0.05) is 17.8 Å². The highest BCUT2D eigenvalue weighted by Crippen LogP contribution is 2.28. The smallest absolute Gasteiger partial charge is 0.221 e. The zero-order valence-electron chi connectivity index (χ0n) is 10.0. The maximum absolute atomic E-state index is 10.4. The van der Waals surface area contributed by atoms with Crippen molar-refractivity contribution in [1.29, 1.82) is 0 Å². The zero-order valence-corrected chi connectivity index (χ0v) is 11.6. The first-order valence-electron chi connectivity index (χ1n) is 6.13. The van der Waals surface area contributed by atoms with Crippen molar-refractivity contribution in [3.8, 4) is 0 Å². The van der Waals surface area contributed by atoms with E-state index in [1.165, 1.54) is 30.6 Å². The van der Waals surface area contributed by atoms with Crippen LogP contribution in [0.1, 0.15) is 43.4 Å². The van der Waals surface area contributed by atoms with Gasteiger partial charge in [-0.2, -0.15) is 0 Å². The summed E-state index contributed by atoms with van der Waals surface area (Å²) < 4.78 is 0. The Labute approximate surface area is 112 Å². The molecule has 0 aliphatic heterocycles. The monoisotopic (exact) mass is 273 g/mol. The Kier molecular flexibility index (Phi) is 7.49. The first kappa shape index (κ1) is 14.7. The van der Waals surface area contributed by atoms with Crippen LogP contribution in [0.25, 0.3) is 0 Å². The molecule has 4 heteroatoms. The van der Waals surface area contributed by atoms with E-state index in [1.807, 2.05) is 17.5 Å². The first-order chi connectivity index (χ1) is 8.22. The molecule has 1 aromatic heterocycles. The summed E-state index contributed by atoms with van der Waals surface area (Å²) in [7, 11) is 0. The summed E-state index contributed by atoms with van der Waals surface area (Å²) in [4.78, 5) is 11.6. The molecule has 1 aliphatic carbocycles. The molecule has 96 valence electrons. The molecule has 0 saturated heterocycles. The van der Waals surface area contributed by atoms with E-state index in [2.05, 4.69) is 0 Å². The van der Waals surface area contributed by atoms with Crippen LogP contribution in [0.5, 0.6) is 0 Å². The van der Waals surface area contributed by atoms with E-state index in [-0.39, 0.29) is 5.24 Å². The number of thiophene rings is 1. The van der Waals surface area contributed by atoms with Gasteiger partial charge in [0.15, 0.2) is 0 Å². The first-order valence-corrected chi connectivity index (χ1v) is 7.39. The number of hydrogen-bond donors (Lipinski definition) is 1. The Morgan fingerprint density at radius 2 is 2.18 bits per heavy atom. The van der Waals surface area contributed by atoms with Crippen molar-refractivity contribution in [3.05, 3.63) is 22.4 Å². The van der Waals surface area contributed by atoms with Gasteiger partial charge in [0.05, 0.1) is 0 Å². The third-order valence-electron chi connectivity index (χ3n) is 3.01. The van der Waals surface area contributed by atoms with Gasteiger partial charge >= 0.3 is 0 Å². The lowest BCUT2D eigenvalue weighted by atomic mass is 10.0. The van der Waals surface area contributed by atoms with Crippen LogP contribution in [-0.2, 0) is 11.3 Å². The number of carbonyl (C=O) groups excluding carboxylic acids is 1. The standard InChI is InChI=1S/C8H13ClO.C5H7NS/c9-8(10)6-5-7-3-1-2-4-7;6-4-5-2-1-3-7-5/h7H,1-6H2;1-3H,4,6H2. The van der Waals surface area contributed by atoms with Gasteiger partial charge in [0.25, 0.3) is 0 Å². The number of carbonyl (C=O) groups is 1. The molecule has 1 aromatic rings.